The van der Waals surface area contributed by atoms with Gasteiger partial charge in [-0.15, -0.1) is 0 Å². The van der Waals surface area contributed by atoms with E-state index in [2.05, 4.69) is 20.9 Å². The highest BCUT2D eigenvalue weighted by atomic mass is 79.9. The first-order chi connectivity index (χ1) is 7.13. The summed E-state index contributed by atoms with van der Waals surface area (Å²) >= 11 is 3.39. The Hall–Kier alpha value is -1.29. The maximum absolute atomic E-state index is 11.4. The lowest BCUT2D eigenvalue weighted by molar-refractivity contribution is 0.101. The number of Topliss-reactive ketones (excluding diaryl/α,β-unsaturated/α-hetero) is 1. The lowest BCUT2D eigenvalue weighted by atomic mass is 10.1. The van der Waals surface area contributed by atoms with Gasteiger partial charge in [-0.1, -0.05) is 15.9 Å². The molecule has 0 radical (unpaired) electrons. The molecule has 0 aliphatic carbocycles. The maximum Gasteiger partial charge on any atom is 0.162 e. The van der Waals surface area contributed by atoms with E-state index in [0.717, 1.165) is 15.4 Å². The summed E-state index contributed by atoms with van der Waals surface area (Å²) in [6.45, 7) is 1.55. The van der Waals surface area contributed by atoms with E-state index in [1.54, 1.807) is 20.2 Å². The van der Waals surface area contributed by atoms with E-state index in [1.165, 1.54) is 0 Å². The molecule has 0 aliphatic rings. The molecule has 0 spiro atoms. The van der Waals surface area contributed by atoms with E-state index >= 15 is 0 Å². The van der Waals surface area contributed by atoms with Gasteiger partial charge in [-0.3, -0.25) is 4.79 Å². The molecule has 0 amide bonds. The molecule has 15 heavy (non-hydrogen) atoms. The minimum Gasteiger partial charge on any atom is -0.496 e. The molecule has 2 rings (SSSR count). The zero-order valence-corrected chi connectivity index (χ0v) is 10.0. The number of hydrogen-bond donors (Lipinski definition) is 1. The molecule has 1 aromatic carbocycles. The van der Waals surface area contributed by atoms with Crippen molar-refractivity contribution in [3.05, 3.63) is 28.4 Å². The van der Waals surface area contributed by atoms with Crippen LogP contribution in [0, 0.1) is 0 Å². The number of ether oxygens (including phenoxy) is 1. The number of rotatable bonds is 2. The van der Waals surface area contributed by atoms with Crippen LogP contribution in [0.15, 0.2) is 22.8 Å². The second kappa shape index (κ2) is 3.70. The van der Waals surface area contributed by atoms with Crippen molar-refractivity contribution in [2.45, 2.75) is 6.92 Å². The number of H-pyrrole nitrogens is 1. The van der Waals surface area contributed by atoms with Crippen molar-refractivity contribution >= 4 is 32.6 Å². The fourth-order valence-electron chi connectivity index (χ4n) is 1.63. The first-order valence-electron chi connectivity index (χ1n) is 4.49. The molecular formula is C11H10BrNO2. The highest BCUT2D eigenvalue weighted by Gasteiger charge is 2.13. The Labute approximate surface area is 95.6 Å². The van der Waals surface area contributed by atoms with Crippen molar-refractivity contribution in [3.8, 4) is 5.75 Å². The molecule has 1 aromatic heterocycles. The first-order valence-corrected chi connectivity index (χ1v) is 5.28. The normalized spacial score (nSPS) is 10.6. The van der Waals surface area contributed by atoms with Gasteiger partial charge < -0.3 is 9.72 Å². The number of benzene rings is 1. The molecule has 0 atom stereocenters. The third-order valence-electron chi connectivity index (χ3n) is 2.31. The second-order valence-electron chi connectivity index (χ2n) is 3.29. The van der Waals surface area contributed by atoms with Crippen LogP contribution in [0.25, 0.3) is 10.9 Å². The van der Waals surface area contributed by atoms with Gasteiger partial charge in [0.25, 0.3) is 0 Å². The molecule has 2 aromatic rings. The third-order valence-corrected chi connectivity index (χ3v) is 2.77. The van der Waals surface area contributed by atoms with Crippen molar-refractivity contribution in [1.29, 1.82) is 0 Å². The van der Waals surface area contributed by atoms with Crippen LogP contribution in [0.4, 0.5) is 0 Å². The van der Waals surface area contributed by atoms with E-state index < -0.39 is 0 Å². The van der Waals surface area contributed by atoms with Crippen molar-refractivity contribution < 1.29 is 9.53 Å². The number of fused-ring (bicyclic) bond motifs is 1. The standard InChI is InChI=1S/C11H10BrNO2/c1-6(14)8-5-13-9-3-7(12)4-10(15-2)11(8)9/h3-5,13H,1-2H3. The number of nitrogens with one attached hydrogen (secondary N) is 1. The summed E-state index contributed by atoms with van der Waals surface area (Å²) in [5.74, 6) is 0.729. The van der Waals surface area contributed by atoms with Gasteiger partial charge in [0, 0.05) is 16.2 Å². The molecule has 0 unspecified atom stereocenters. The summed E-state index contributed by atoms with van der Waals surface area (Å²) in [6, 6.07) is 3.77. The zero-order chi connectivity index (χ0) is 11.0. The fraction of sp³-hybridized carbons (Fsp3) is 0.182. The van der Waals surface area contributed by atoms with Crippen molar-refractivity contribution in [2.24, 2.45) is 0 Å². The molecule has 1 heterocycles. The number of methoxy groups -OCH3 is 1. The van der Waals surface area contributed by atoms with Gasteiger partial charge in [-0.05, 0) is 19.1 Å². The van der Waals surface area contributed by atoms with Crippen LogP contribution in [0.1, 0.15) is 17.3 Å². The molecule has 78 valence electrons. The molecule has 1 N–H and O–H groups in total. The van der Waals surface area contributed by atoms with Crippen molar-refractivity contribution in [1.82, 2.24) is 4.98 Å². The summed E-state index contributed by atoms with van der Waals surface area (Å²) < 4.78 is 6.18. The average Bonchev–Trinajstić information content (AvgIpc) is 2.59. The number of halogens is 1. The number of hydrogen-bond acceptors (Lipinski definition) is 2. The summed E-state index contributed by atoms with van der Waals surface area (Å²) in [5, 5.41) is 0.841. The highest BCUT2D eigenvalue weighted by Crippen LogP contribution is 2.32. The Morgan fingerprint density at radius 1 is 1.47 bits per heavy atom. The Bertz CT molecular complexity index is 531. The van der Waals surface area contributed by atoms with Crippen LogP contribution < -0.4 is 4.74 Å². The van der Waals surface area contributed by atoms with Crippen LogP contribution in [0.2, 0.25) is 0 Å². The lowest BCUT2D eigenvalue weighted by Crippen LogP contribution is -1.92. The predicted octanol–water partition coefficient (Wildman–Crippen LogP) is 3.14. The number of carbonyl (C=O) groups excluding carboxylic acids is 1. The fourth-order valence-corrected chi connectivity index (χ4v) is 2.07. The van der Waals surface area contributed by atoms with Crippen LogP contribution in [-0.4, -0.2) is 17.9 Å². The summed E-state index contributed by atoms with van der Waals surface area (Å²) in [4.78, 5) is 14.4. The topological polar surface area (TPSA) is 42.1 Å². The van der Waals surface area contributed by atoms with Gasteiger partial charge in [-0.25, -0.2) is 0 Å². The molecule has 3 nitrogen and oxygen atoms in total. The van der Waals surface area contributed by atoms with Gasteiger partial charge in [0.15, 0.2) is 5.78 Å². The monoisotopic (exact) mass is 267 g/mol. The SMILES string of the molecule is COc1cc(Br)cc2[nH]cc(C(C)=O)c12. The Kier molecular flexibility index (Phi) is 2.52. The smallest absolute Gasteiger partial charge is 0.162 e. The third kappa shape index (κ3) is 1.65. The van der Waals surface area contributed by atoms with Crippen LogP contribution in [0.3, 0.4) is 0 Å². The van der Waals surface area contributed by atoms with E-state index in [1.807, 2.05) is 12.1 Å². The summed E-state index contributed by atoms with van der Waals surface area (Å²) in [7, 11) is 1.60. The maximum atomic E-state index is 11.4. The van der Waals surface area contributed by atoms with E-state index in [0.29, 0.717) is 11.3 Å². The van der Waals surface area contributed by atoms with Crippen LogP contribution in [-0.2, 0) is 0 Å². The van der Waals surface area contributed by atoms with Gasteiger partial charge >= 0.3 is 0 Å². The minimum absolute atomic E-state index is 0.0295. The predicted molar refractivity (Wildman–Crippen MR) is 62.6 cm³/mol. The van der Waals surface area contributed by atoms with Crippen molar-refractivity contribution in [2.75, 3.05) is 7.11 Å². The van der Waals surface area contributed by atoms with E-state index in [-0.39, 0.29) is 5.78 Å². The second-order valence-corrected chi connectivity index (χ2v) is 4.20. The Morgan fingerprint density at radius 3 is 2.80 bits per heavy atom. The van der Waals surface area contributed by atoms with Gasteiger partial charge in [-0.2, -0.15) is 0 Å². The van der Waals surface area contributed by atoms with Gasteiger partial charge in [0.05, 0.1) is 18.0 Å². The van der Waals surface area contributed by atoms with Gasteiger partial charge in [0.2, 0.25) is 0 Å². The molecule has 0 fully saturated rings. The molecular weight excluding hydrogens is 258 g/mol. The van der Waals surface area contributed by atoms with Crippen molar-refractivity contribution in [3.63, 3.8) is 0 Å². The number of aromatic amines is 1. The number of aromatic nitrogens is 1. The Morgan fingerprint density at radius 2 is 2.20 bits per heavy atom. The molecule has 0 saturated heterocycles. The quantitative estimate of drug-likeness (QED) is 0.850. The largest absolute Gasteiger partial charge is 0.496 e. The van der Waals surface area contributed by atoms with Crippen LogP contribution >= 0.6 is 15.9 Å². The van der Waals surface area contributed by atoms with E-state index in [4.69, 9.17) is 4.74 Å². The number of carbonyl (C=O) groups is 1. The minimum atomic E-state index is 0.0295. The first kappa shape index (κ1) is 10.2. The lowest BCUT2D eigenvalue weighted by Gasteiger charge is -2.04. The molecule has 4 heteroatoms. The van der Waals surface area contributed by atoms with Crippen LogP contribution in [0.5, 0.6) is 5.75 Å². The number of ketones is 1. The zero-order valence-electron chi connectivity index (χ0n) is 8.43. The van der Waals surface area contributed by atoms with E-state index in [9.17, 15) is 4.79 Å². The Balaban J connectivity index is 2.83. The van der Waals surface area contributed by atoms with Gasteiger partial charge in [0.1, 0.15) is 5.75 Å². The molecule has 0 saturated carbocycles. The summed E-state index contributed by atoms with van der Waals surface area (Å²) in [6.07, 6.45) is 1.71. The summed E-state index contributed by atoms with van der Waals surface area (Å²) in [5.41, 5.74) is 1.56. The molecule has 0 bridgehead atoms. The average molecular weight is 268 g/mol. The molecule has 0 aliphatic heterocycles. The highest BCUT2D eigenvalue weighted by molar-refractivity contribution is 9.10.